The van der Waals surface area contributed by atoms with Gasteiger partial charge in [0.25, 0.3) is 0 Å². The molecule has 1 heterocycles. The lowest BCUT2D eigenvalue weighted by atomic mass is 9.97. The van der Waals surface area contributed by atoms with Crippen molar-refractivity contribution in [2.75, 3.05) is 40.9 Å². The van der Waals surface area contributed by atoms with E-state index in [1.54, 1.807) is 14.2 Å². The van der Waals surface area contributed by atoms with E-state index in [0.29, 0.717) is 11.6 Å². The van der Waals surface area contributed by atoms with Crippen LogP contribution in [0, 0.1) is 5.92 Å². The van der Waals surface area contributed by atoms with Gasteiger partial charge in [-0.15, -0.1) is 0 Å². The number of carbonyl (C=O) groups excluding carboxylic acids is 1. The summed E-state index contributed by atoms with van der Waals surface area (Å²) in [6.45, 7) is 2.13. The number of piperidine rings is 1. The second-order valence-corrected chi connectivity index (χ2v) is 6.43. The zero-order valence-corrected chi connectivity index (χ0v) is 15.8. The van der Waals surface area contributed by atoms with Gasteiger partial charge < -0.3 is 19.7 Å². The van der Waals surface area contributed by atoms with Crippen LogP contribution in [0.4, 0.5) is 0 Å². The van der Waals surface area contributed by atoms with E-state index in [1.165, 1.54) is 7.11 Å². The quantitative estimate of drug-likeness (QED) is 0.492. The number of nitrogens with zero attached hydrogens (tertiary/aromatic N) is 2. The van der Waals surface area contributed by atoms with Crippen molar-refractivity contribution in [2.24, 2.45) is 10.9 Å². The van der Waals surface area contributed by atoms with Gasteiger partial charge >= 0.3 is 5.97 Å². The minimum Gasteiger partial charge on any atom is -0.469 e. The molecule has 0 amide bonds. The number of likely N-dealkylation sites (tertiary alicyclic amines) is 1. The lowest BCUT2D eigenvalue weighted by molar-refractivity contribution is -0.146. The smallest absolute Gasteiger partial charge is 0.308 e. The van der Waals surface area contributed by atoms with Crippen molar-refractivity contribution in [2.45, 2.75) is 18.9 Å². The predicted octanol–water partition coefficient (Wildman–Crippen LogP) is 2.49. The zero-order valence-electron chi connectivity index (χ0n) is 15.0. The summed E-state index contributed by atoms with van der Waals surface area (Å²) < 4.78 is 10.4. The highest BCUT2D eigenvalue weighted by Crippen LogP contribution is 2.21. The van der Waals surface area contributed by atoms with Crippen LogP contribution in [0.25, 0.3) is 0 Å². The lowest BCUT2D eigenvalue weighted by Crippen LogP contribution is -2.47. The van der Waals surface area contributed by atoms with Crippen LogP contribution in [-0.2, 0) is 14.3 Å². The molecule has 1 saturated heterocycles. The number of benzene rings is 1. The summed E-state index contributed by atoms with van der Waals surface area (Å²) in [6.07, 6.45) is 1.42. The van der Waals surface area contributed by atoms with Crippen LogP contribution in [0.2, 0.25) is 5.02 Å². The number of hydrogen-bond donors (Lipinski definition) is 1. The van der Waals surface area contributed by atoms with Crippen LogP contribution in [0.1, 0.15) is 24.5 Å². The summed E-state index contributed by atoms with van der Waals surface area (Å²) in [4.78, 5) is 18.1. The summed E-state index contributed by atoms with van der Waals surface area (Å²) in [5, 5.41) is 4.05. The molecular formula is C18H26ClN3O3. The first-order chi connectivity index (χ1) is 12.1. The summed E-state index contributed by atoms with van der Waals surface area (Å²) in [7, 11) is 4.88. The molecular weight excluding hydrogens is 342 g/mol. The average Bonchev–Trinajstić information content (AvgIpc) is 2.65. The average molecular weight is 368 g/mol. The van der Waals surface area contributed by atoms with Gasteiger partial charge in [-0.25, -0.2) is 0 Å². The van der Waals surface area contributed by atoms with Crippen molar-refractivity contribution in [3.05, 3.63) is 34.9 Å². The van der Waals surface area contributed by atoms with Crippen molar-refractivity contribution in [1.29, 1.82) is 0 Å². The van der Waals surface area contributed by atoms with E-state index in [0.717, 1.165) is 37.5 Å². The molecule has 138 valence electrons. The van der Waals surface area contributed by atoms with E-state index in [4.69, 9.17) is 21.1 Å². The fourth-order valence-corrected chi connectivity index (χ4v) is 3.25. The van der Waals surface area contributed by atoms with Gasteiger partial charge in [0.05, 0.1) is 19.1 Å². The second kappa shape index (κ2) is 9.63. The van der Waals surface area contributed by atoms with E-state index < -0.39 is 0 Å². The number of rotatable bonds is 5. The fourth-order valence-electron chi connectivity index (χ4n) is 3.05. The van der Waals surface area contributed by atoms with Crippen molar-refractivity contribution < 1.29 is 14.3 Å². The van der Waals surface area contributed by atoms with Crippen LogP contribution in [0.3, 0.4) is 0 Å². The van der Waals surface area contributed by atoms with Crippen LogP contribution in [0.15, 0.2) is 29.3 Å². The molecule has 1 aliphatic rings. The minimum absolute atomic E-state index is 0.0162. The molecule has 1 atom stereocenters. The summed E-state index contributed by atoms with van der Waals surface area (Å²) in [5.74, 6) is 0.674. The van der Waals surface area contributed by atoms with Crippen molar-refractivity contribution in [1.82, 2.24) is 10.2 Å². The van der Waals surface area contributed by atoms with Gasteiger partial charge in [-0.3, -0.25) is 9.79 Å². The third-order valence-electron chi connectivity index (χ3n) is 4.49. The predicted molar refractivity (Wildman–Crippen MR) is 98.9 cm³/mol. The SMILES string of the molecule is CN=C(NCC(OC)c1cccc(Cl)c1)N1CCC(C(=O)OC)CC1. The Balaban J connectivity index is 1.91. The number of methoxy groups -OCH3 is 2. The Hall–Kier alpha value is -1.79. The first kappa shape index (κ1) is 19.5. The standard InChI is InChI=1S/C18H26ClN3O3/c1-20-18(22-9-7-13(8-10-22)17(23)25-3)21-12-16(24-2)14-5-4-6-15(19)11-14/h4-6,11,13,16H,7-10,12H2,1-3H3,(H,20,21). The Morgan fingerprint density at radius 2 is 2.12 bits per heavy atom. The summed E-state index contributed by atoms with van der Waals surface area (Å²) in [5.41, 5.74) is 1.02. The van der Waals surface area contributed by atoms with Gasteiger partial charge in [0.1, 0.15) is 0 Å². The molecule has 1 fully saturated rings. The van der Waals surface area contributed by atoms with E-state index >= 15 is 0 Å². The van der Waals surface area contributed by atoms with Crippen molar-refractivity contribution in [3.8, 4) is 0 Å². The molecule has 7 heteroatoms. The van der Waals surface area contributed by atoms with E-state index in [9.17, 15) is 4.79 Å². The first-order valence-electron chi connectivity index (χ1n) is 8.40. The molecule has 25 heavy (non-hydrogen) atoms. The van der Waals surface area contributed by atoms with Gasteiger partial charge in [-0.05, 0) is 30.5 Å². The summed E-state index contributed by atoms with van der Waals surface area (Å²) >= 11 is 6.06. The molecule has 0 aromatic heterocycles. The maximum absolute atomic E-state index is 11.6. The molecule has 6 nitrogen and oxygen atoms in total. The Labute approximate surface area is 154 Å². The fraction of sp³-hybridized carbons (Fsp3) is 0.556. The molecule has 1 aliphatic heterocycles. The topological polar surface area (TPSA) is 63.2 Å². The van der Waals surface area contributed by atoms with Crippen LogP contribution in [-0.4, -0.2) is 57.7 Å². The molecule has 1 aromatic rings. The first-order valence-corrected chi connectivity index (χ1v) is 8.78. The number of carbonyl (C=O) groups is 1. The van der Waals surface area contributed by atoms with Crippen LogP contribution in [0.5, 0.6) is 0 Å². The third-order valence-corrected chi connectivity index (χ3v) is 4.73. The van der Waals surface area contributed by atoms with Crippen molar-refractivity contribution >= 4 is 23.5 Å². The van der Waals surface area contributed by atoms with Crippen LogP contribution < -0.4 is 5.32 Å². The number of guanidine groups is 1. The maximum atomic E-state index is 11.6. The molecule has 1 N–H and O–H groups in total. The molecule has 0 saturated carbocycles. The monoisotopic (exact) mass is 367 g/mol. The van der Waals surface area contributed by atoms with Gasteiger partial charge in [0, 0.05) is 38.8 Å². The van der Waals surface area contributed by atoms with Gasteiger partial charge in [-0.2, -0.15) is 0 Å². The number of ether oxygens (including phenoxy) is 2. The third kappa shape index (κ3) is 5.34. The number of nitrogens with one attached hydrogen (secondary N) is 1. The zero-order chi connectivity index (χ0) is 18.2. The summed E-state index contributed by atoms with van der Waals surface area (Å²) in [6, 6.07) is 7.65. The highest BCUT2D eigenvalue weighted by Gasteiger charge is 2.27. The van der Waals surface area contributed by atoms with E-state index in [1.807, 2.05) is 24.3 Å². The largest absolute Gasteiger partial charge is 0.469 e. The molecule has 0 bridgehead atoms. The number of halogens is 1. The Kier molecular flexibility index (Phi) is 7.52. The lowest BCUT2D eigenvalue weighted by Gasteiger charge is -2.33. The Morgan fingerprint density at radius 1 is 1.40 bits per heavy atom. The highest BCUT2D eigenvalue weighted by atomic mass is 35.5. The van der Waals surface area contributed by atoms with Gasteiger partial charge in [0.15, 0.2) is 5.96 Å². The molecule has 1 aromatic carbocycles. The van der Waals surface area contributed by atoms with Gasteiger partial charge in [0.2, 0.25) is 0 Å². The minimum atomic E-state index is -0.122. The molecule has 1 unspecified atom stereocenters. The van der Waals surface area contributed by atoms with Gasteiger partial charge in [-0.1, -0.05) is 23.7 Å². The van der Waals surface area contributed by atoms with Crippen LogP contribution >= 0.6 is 11.6 Å². The maximum Gasteiger partial charge on any atom is 0.308 e. The molecule has 0 radical (unpaired) electrons. The molecule has 0 spiro atoms. The molecule has 0 aliphatic carbocycles. The normalized spacial score (nSPS) is 17.3. The van der Waals surface area contributed by atoms with E-state index in [-0.39, 0.29) is 18.0 Å². The Morgan fingerprint density at radius 3 is 2.68 bits per heavy atom. The van der Waals surface area contributed by atoms with Crippen molar-refractivity contribution in [3.63, 3.8) is 0 Å². The number of hydrogen-bond acceptors (Lipinski definition) is 4. The second-order valence-electron chi connectivity index (χ2n) is 5.99. The number of aliphatic imine (C=N–C) groups is 1. The molecule has 2 rings (SSSR count). The number of esters is 1. The van der Waals surface area contributed by atoms with E-state index in [2.05, 4.69) is 15.2 Å². The highest BCUT2D eigenvalue weighted by molar-refractivity contribution is 6.30. The Bertz CT molecular complexity index is 601.